The molecule has 1 aliphatic rings. The Morgan fingerprint density at radius 3 is 2.60 bits per heavy atom. The number of nitrogens with zero attached hydrogens (tertiary/aromatic N) is 1. The fourth-order valence-corrected chi connectivity index (χ4v) is 2.54. The highest BCUT2D eigenvalue weighted by Crippen LogP contribution is 2.24. The second kappa shape index (κ2) is 7.07. The van der Waals surface area contributed by atoms with Crippen LogP contribution in [0.1, 0.15) is 32.4 Å². The highest BCUT2D eigenvalue weighted by molar-refractivity contribution is 5.29. The lowest BCUT2D eigenvalue weighted by atomic mass is 10.1. The van der Waals surface area contributed by atoms with E-state index < -0.39 is 0 Å². The molecule has 0 spiro atoms. The van der Waals surface area contributed by atoms with Crippen LogP contribution in [0.15, 0.2) is 24.3 Å². The molecule has 1 heterocycles. The average Bonchev–Trinajstić information content (AvgIpc) is 2.47. The van der Waals surface area contributed by atoms with Crippen molar-refractivity contribution in [3.05, 3.63) is 29.8 Å². The van der Waals surface area contributed by atoms with Crippen LogP contribution < -0.4 is 10.5 Å². The van der Waals surface area contributed by atoms with Crippen LogP contribution in [0, 0.1) is 0 Å². The molecule has 0 saturated carbocycles. The van der Waals surface area contributed by atoms with Gasteiger partial charge in [-0.1, -0.05) is 12.1 Å². The van der Waals surface area contributed by atoms with Crippen molar-refractivity contribution in [3.8, 4) is 5.75 Å². The minimum atomic E-state index is 0.162. The van der Waals surface area contributed by atoms with Gasteiger partial charge in [-0.2, -0.15) is 0 Å². The Balaban J connectivity index is 1.99. The first-order chi connectivity index (χ1) is 9.60. The van der Waals surface area contributed by atoms with E-state index in [1.807, 2.05) is 26.0 Å². The summed E-state index contributed by atoms with van der Waals surface area (Å²) in [6, 6.07) is 8.77. The summed E-state index contributed by atoms with van der Waals surface area (Å²) in [5.41, 5.74) is 7.01. The van der Waals surface area contributed by atoms with Crippen LogP contribution in [0.2, 0.25) is 0 Å². The summed E-state index contributed by atoms with van der Waals surface area (Å²) in [7, 11) is 0. The highest BCUT2D eigenvalue weighted by atomic mass is 16.5. The van der Waals surface area contributed by atoms with E-state index in [1.165, 1.54) is 5.56 Å². The van der Waals surface area contributed by atoms with Gasteiger partial charge in [0.1, 0.15) is 5.75 Å². The van der Waals surface area contributed by atoms with E-state index in [2.05, 4.69) is 24.0 Å². The molecule has 0 amide bonds. The zero-order valence-corrected chi connectivity index (χ0v) is 12.7. The molecule has 1 aromatic rings. The van der Waals surface area contributed by atoms with E-state index in [-0.39, 0.29) is 12.2 Å². The third-order valence-electron chi connectivity index (χ3n) is 3.72. The minimum Gasteiger partial charge on any atom is -0.491 e. The summed E-state index contributed by atoms with van der Waals surface area (Å²) in [5.74, 6) is 0.928. The number of hydrogen-bond acceptors (Lipinski definition) is 4. The van der Waals surface area contributed by atoms with Crippen LogP contribution in [0.25, 0.3) is 0 Å². The molecule has 1 fully saturated rings. The van der Waals surface area contributed by atoms with Crippen LogP contribution >= 0.6 is 0 Å². The molecule has 1 saturated heterocycles. The van der Waals surface area contributed by atoms with Gasteiger partial charge in [0, 0.05) is 25.7 Å². The Labute approximate surface area is 121 Å². The molecule has 2 N–H and O–H groups in total. The van der Waals surface area contributed by atoms with Crippen molar-refractivity contribution in [2.75, 3.05) is 26.2 Å². The first-order valence-corrected chi connectivity index (χ1v) is 7.42. The standard InChI is InChI=1S/C16H26N2O2/c1-12(2)20-15-6-4-14(5-7-15)13(3)18-8-9-19-16(10-17)11-18/h4-7,12-13,16H,8-11,17H2,1-3H3. The molecule has 20 heavy (non-hydrogen) atoms. The van der Waals surface area contributed by atoms with E-state index >= 15 is 0 Å². The number of hydrogen-bond donors (Lipinski definition) is 1. The van der Waals surface area contributed by atoms with Gasteiger partial charge in [0.05, 0.1) is 18.8 Å². The van der Waals surface area contributed by atoms with Crippen LogP contribution in [0.4, 0.5) is 0 Å². The van der Waals surface area contributed by atoms with E-state index in [1.54, 1.807) is 0 Å². The monoisotopic (exact) mass is 278 g/mol. The lowest BCUT2D eigenvalue weighted by Gasteiger charge is -2.36. The molecule has 2 atom stereocenters. The number of benzene rings is 1. The Morgan fingerprint density at radius 1 is 1.30 bits per heavy atom. The van der Waals surface area contributed by atoms with Crippen molar-refractivity contribution in [1.29, 1.82) is 0 Å². The average molecular weight is 278 g/mol. The topological polar surface area (TPSA) is 47.7 Å². The molecular formula is C16H26N2O2. The molecule has 1 aliphatic heterocycles. The quantitative estimate of drug-likeness (QED) is 0.897. The van der Waals surface area contributed by atoms with Crippen LogP contribution in [0.3, 0.4) is 0 Å². The number of morpholine rings is 1. The lowest BCUT2D eigenvalue weighted by molar-refractivity contribution is -0.0364. The summed E-state index contributed by atoms with van der Waals surface area (Å²) < 4.78 is 11.3. The van der Waals surface area contributed by atoms with Crippen LogP contribution in [0.5, 0.6) is 5.75 Å². The summed E-state index contributed by atoms with van der Waals surface area (Å²) in [6.45, 7) is 9.53. The first kappa shape index (κ1) is 15.3. The lowest BCUT2D eigenvalue weighted by Crippen LogP contribution is -2.46. The highest BCUT2D eigenvalue weighted by Gasteiger charge is 2.23. The predicted octanol–water partition coefficient (Wildman–Crippen LogP) is 2.19. The van der Waals surface area contributed by atoms with Gasteiger partial charge >= 0.3 is 0 Å². The molecule has 112 valence electrons. The van der Waals surface area contributed by atoms with Gasteiger partial charge < -0.3 is 15.2 Å². The van der Waals surface area contributed by atoms with Crippen LogP contribution in [-0.4, -0.2) is 43.3 Å². The SMILES string of the molecule is CC(C)Oc1ccc(C(C)N2CCOC(CN)C2)cc1. The van der Waals surface area contributed by atoms with Gasteiger partial charge in [-0.3, -0.25) is 4.90 Å². The summed E-state index contributed by atoms with van der Waals surface area (Å²) in [6.07, 6.45) is 0.373. The third kappa shape index (κ3) is 3.95. The van der Waals surface area contributed by atoms with Gasteiger partial charge in [-0.15, -0.1) is 0 Å². The molecule has 2 unspecified atom stereocenters. The number of ether oxygens (including phenoxy) is 2. The van der Waals surface area contributed by atoms with Crippen LogP contribution in [-0.2, 0) is 4.74 Å². The predicted molar refractivity (Wildman–Crippen MR) is 81.0 cm³/mol. The van der Waals surface area contributed by atoms with Gasteiger partial charge in [-0.25, -0.2) is 0 Å². The van der Waals surface area contributed by atoms with Crippen molar-refractivity contribution >= 4 is 0 Å². The Bertz CT molecular complexity index is 405. The minimum absolute atomic E-state index is 0.162. The molecule has 4 heteroatoms. The zero-order valence-electron chi connectivity index (χ0n) is 12.7. The van der Waals surface area contributed by atoms with Gasteiger partial charge in [0.15, 0.2) is 0 Å². The molecule has 2 rings (SSSR count). The second-order valence-electron chi connectivity index (χ2n) is 5.64. The van der Waals surface area contributed by atoms with Gasteiger partial charge in [-0.05, 0) is 38.5 Å². The molecule has 0 aliphatic carbocycles. The van der Waals surface area contributed by atoms with Gasteiger partial charge in [0.2, 0.25) is 0 Å². The van der Waals surface area contributed by atoms with E-state index in [9.17, 15) is 0 Å². The molecule has 0 aromatic heterocycles. The summed E-state index contributed by atoms with van der Waals surface area (Å²) >= 11 is 0. The van der Waals surface area contributed by atoms with Crippen molar-refractivity contribution in [2.45, 2.75) is 39.0 Å². The zero-order chi connectivity index (χ0) is 14.5. The molecule has 0 bridgehead atoms. The maximum absolute atomic E-state index is 5.70. The van der Waals surface area contributed by atoms with E-state index in [4.69, 9.17) is 15.2 Å². The fraction of sp³-hybridized carbons (Fsp3) is 0.625. The fourth-order valence-electron chi connectivity index (χ4n) is 2.54. The number of rotatable bonds is 5. The maximum Gasteiger partial charge on any atom is 0.119 e. The van der Waals surface area contributed by atoms with E-state index in [0.717, 1.165) is 25.4 Å². The summed E-state index contributed by atoms with van der Waals surface area (Å²) in [5, 5.41) is 0. The molecular weight excluding hydrogens is 252 g/mol. The third-order valence-corrected chi connectivity index (χ3v) is 3.72. The van der Waals surface area contributed by atoms with Crippen molar-refractivity contribution in [3.63, 3.8) is 0 Å². The molecule has 4 nitrogen and oxygen atoms in total. The Hall–Kier alpha value is -1.10. The molecule has 1 aromatic carbocycles. The largest absolute Gasteiger partial charge is 0.491 e. The Kier molecular flexibility index (Phi) is 5.40. The molecule has 0 radical (unpaired) electrons. The van der Waals surface area contributed by atoms with Crippen molar-refractivity contribution in [2.24, 2.45) is 5.73 Å². The number of nitrogens with two attached hydrogens (primary N) is 1. The smallest absolute Gasteiger partial charge is 0.119 e. The normalized spacial score (nSPS) is 21.9. The Morgan fingerprint density at radius 2 is 2.00 bits per heavy atom. The first-order valence-electron chi connectivity index (χ1n) is 7.42. The van der Waals surface area contributed by atoms with Crippen molar-refractivity contribution in [1.82, 2.24) is 4.90 Å². The summed E-state index contributed by atoms with van der Waals surface area (Å²) in [4.78, 5) is 2.43. The second-order valence-corrected chi connectivity index (χ2v) is 5.64. The van der Waals surface area contributed by atoms with E-state index in [0.29, 0.717) is 12.6 Å². The van der Waals surface area contributed by atoms with Gasteiger partial charge in [0.25, 0.3) is 0 Å². The maximum atomic E-state index is 5.70. The van der Waals surface area contributed by atoms with Crippen molar-refractivity contribution < 1.29 is 9.47 Å².